The number of allylic oxidation sites excluding steroid dienone is 1. The summed E-state index contributed by atoms with van der Waals surface area (Å²) in [5.74, 6) is 0.259. The van der Waals surface area contributed by atoms with Crippen LogP contribution < -0.4 is 4.74 Å². The number of hydrogen-bond acceptors (Lipinski definition) is 3. The van der Waals surface area contributed by atoms with Crippen LogP contribution in [0, 0.1) is 13.8 Å². The lowest BCUT2D eigenvalue weighted by molar-refractivity contribution is -0.130. The molecule has 0 bridgehead atoms. The van der Waals surface area contributed by atoms with E-state index in [2.05, 4.69) is 6.92 Å². The Labute approximate surface area is 148 Å². The molecule has 0 atom stereocenters. The van der Waals surface area contributed by atoms with Gasteiger partial charge in [0.15, 0.2) is 12.4 Å². The average molecular weight is 337 g/mol. The molecule has 0 aromatic heterocycles. The SMILES string of the molecule is Cc1ccc(C=CC(=O)c2cccc(OCC(=O)N(C)C)c2)cc1C. The zero-order valence-corrected chi connectivity index (χ0v) is 15.1. The van der Waals surface area contributed by atoms with E-state index in [1.807, 2.05) is 25.1 Å². The van der Waals surface area contributed by atoms with Crippen molar-refractivity contribution >= 4 is 17.8 Å². The van der Waals surface area contributed by atoms with Gasteiger partial charge in [-0.05, 0) is 48.7 Å². The van der Waals surface area contributed by atoms with Crippen molar-refractivity contribution in [2.45, 2.75) is 13.8 Å². The predicted molar refractivity (Wildman–Crippen MR) is 99.9 cm³/mol. The lowest BCUT2D eigenvalue weighted by Crippen LogP contribution is -2.27. The molecule has 0 spiro atoms. The highest BCUT2D eigenvalue weighted by molar-refractivity contribution is 6.07. The minimum Gasteiger partial charge on any atom is -0.484 e. The second kappa shape index (κ2) is 8.29. The zero-order valence-electron chi connectivity index (χ0n) is 15.1. The summed E-state index contributed by atoms with van der Waals surface area (Å²) in [5.41, 5.74) is 3.92. The highest BCUT2D eigenvalue weighted by atomic mass is 16.5. The lowest BCUT2D eigenvalue weighted by Gasteiger charge is -2.11. The molecule has 4 heteroatoms. The van der Waals surface area contributed by atoms with Gasteiger partial charge in [0.1, 0.15) is 5.75 Å². The van der Waals surface area contributed by atoms with E-state index >= 15 is 0 Å². The minimum atomic E-state index is -0.133. The summed E-state index contributed by atoms with van der Waals surface area (Å²) in [6, 6.07) is 12.9. The first-order valence-electron chi connectivity index (χ1n) is 8.09. The third kappa shape index (κ3) is 5.31. The molecule has 0 aliphatic carbocycles. The van der Waals surface area contributed by atoms with Gasteiger partial charge in [-0.3, -0.25) is 9.59 Å². The maximum absolute atomic E-state index is 12.4. The number of benzene rings is 2. The fourth-order valence-electron chi connectivity index (χ4n) is 2.15. The third-order valence-corrected chi connectivity index (χ3v) is 3.94. The van der Waals surface area contributed by atoms with Gasteiger partial charge in [-0.25, -0.2) is 0 Å². The summed E-state index contributed by atoms with van der Waals surface area (Å²) in [6.45, 7) is 4.05. The van der Waals surface area contributed by atoms with E-state index in [9.17, 15) is 9.59 Å². The van der Waals surface area contributed by atoms with Crippen LogP contribution >= 0.6 is 0 Å². The Morgan fingerprint density at radius 2 is 1.80 bits per heavy atom. The molecule has 130 valence electrons. The highest BCUT2D eigenvalue weighted by Gasteiger charge is 2.07. The normalized spacial score (nSPS) is 10.7. The average Bonchev–Trinajstić information content (AvgIpc) is 2.60. The number of amides is 1. The van der Waals surface area contributed by atoms with Crippen LogP contribution in [0.4, 0.5) is 0 Å². The minimum absolute atomic E-state index is 0.0525. The van der Waals surface area contributed by atoms with Gasteiger partial charge in [-0.1, -0.05) is 36.4 Å². The Balaban J connectivity index is 2.06. The molecule has 0 heterocycles. The number of ketones is 1. The molecular weight excluding hydrogens is 314 g/mol. The Kier molecular flexibility index (Phi) is 6.12. The van der Waals surface area contributed by atoms with Gasteiger partial charge in [0, 0.05) is 19.7 Å². The molecule has 2 rings (SSSR count). The van der Waals surface area contributed by atoms with Crippen molar-refractivity contribution in [3.63, 3.8) is 0 Å². The lowest BCUT2D eigenvalue weighted by atomic mass is 10.0. The van der Waals surface area contributed by atoms with Crippen molar-refractivity contribution in [2.75, 3.05) is 20.7 Å². The Bertz CT molecular complexity index is 807. The van der Waals surface area contributed by atoms with Crippen LogP contribution in [-0.4, -0.2) is 37.3 Å². The Morgan fingerprint density at radius 1 is 1.04 bits per heavy atom. The molecule has 1 amide bonds. The Morgan fingerprint density at radius 3 is 2.48 bits per heavy atom. The topological polar surface area (TPSA) is 46.6 Å². The predicted octanol–water partition coefficient (Wildman–Crippen LogP) is 3.67. The number of rotatable bonds is 6. The van der Waals surface area contributed by atoms with Crippen LogP contribution in [0.15, 0.2) is 48.5 Å². The van der Waals surface area contributed by atoms with E-state index in [-0.39, 0.29) is 18.3 Å². The summed E-state index contributed by atoms with van der Waals surface area (Å²) in [7, 11) is 3.34. The number of likely N-dealkylation sites (N-methyl/N-ethyl adjacent to an activating group) is 1. The molecule has 0 aliphatic rings. The van der Waals surface area contributed by atoms with E-state index in [4.69, 9.17) is 4.74 Å². The van der Waals surface area contributed by atoms with E-state index in [0.29, 0.717) is 11.3 Å². The van der Waals surface area contributed by atoms with Crippen LogP contribution in [0.5, 0.6) is 5.75 Å². The molecule has 0 radical (unpaired) electrons. The molecule has 0 saturated carbocycles. The van der Waals surface area contributed by atoms with Crippen molar-refractivity contribution in [1.29, 1.82) is 0 Å². The maximum Gasteiger partial charge on any atom is 0.259 e. The number of hydrogen-bond donors (Lipinski definition) is 0. The highest BCUT2D eigenvalue weighted by Crippen LogP contribution is 2.16. The summed E-state index contributed by atoms with van der Waals surface area (Å²) in [5, 5.41) is 0. The molecule has 25 heavy (non-hydrogen) atoms. The van der Waals surface area contributed by atoms with E-state index in [0.717, 1.165) is 5.56 Å². The van der Waals surface area contributed by atoms with Crippen molar-refractivity contribution in [3.05, 3.63) is 70.8 Å². The number of nitrogens with zero attached hydrogens (tertiary/aromatic N) is 1. The fourth-order valence-corrected chi connectivity index (χ4v) is 2.15. The molecule has 0 saturated heterocycles. The van der Waals surface area contributed by atoms with Crippen molar-refractivity contribution < 1.29 is 14.3 Å². The second-order valence-corrected chi connectivity index (χ2v) is 6.15. The van der Waals surface area contributed by atoms with Crippen LogP contribution in [0.25, 0.3) is 6.08 Å². The molecule has 2 aromatic rings. The molecule has 2 aromatic carbocycles. The number of carbonyl (C=O) groups excluding carboxylic acids is 2. The van der Waals surface area contributed by atoms with Gasteiger partial charge in [-0.2, -0.15) is 0 Å². The molecule has 0 N–H and O–H groups in total. The van der Waals surface area contributed by atoms with E-state index in [1.165, 1.54) is 16.0 Å². The van der Waals surface area contributed by atoms with Crippen LogP contribution in [0.3, 0.4) is 0 Å². The van der Waals surface area contributed by atoms with Gasteiger partial charge in [0.05, 0.1) is 0 Å². The summed E-state index contributed by atoms with van der Waals surface area (Å²) < 4.78 is 5.44. The van der Waals surface area contributed by atoms with Gasteiger partial charge in [-0.15, -0.1) is 0 Å². The van der Waals surface area contributed by atoms with E-state index in [1.54, 1.807) is 50.5 Å². The molecule has 0 unspecified atom stereocenters. The van der Waals surface area contributed by atoms with Crippen molar-refractivity contribution in [3.8, 4) is 5.75 Å². The standard InChI is InChI=1S/C21H23NO3/c1-15-8-9-17(12-16(15)2)10-11-20(23)18-6-5-7-19(13-18)25-14-21(24)22(3)4/h5-13H,14H2,1-4H3. The van der Waals surface area contributed by atoms with E-state index < -0.39 is 0 Å². The quantitative estimate of drug-likeness (QED) is 0.597. The van der Waals surface area contributed by atoms with Crippen LogP contribution in [-0.2, 0) is 4.79 Å². The monoisotopic (exact) mass is 337 g/mol. The smallest absolute Gasteiger partial charge is 0.259 e. The summed E-state index contributed by atoms with van der Waals surface area (Å²) in [6.07, 6.45) is 3.35. The van der Waals surface area contributed by atoms with Gasteiger partial charge >= 0.3 is 0 Å². The fraction of sp³-hybridized carbons (Fsp3) is 0.238. The van der Waals surface area contributed by atoms with Crippen LogP contribution in [0.1, 0.15) is 27.0 Å². The number of carbonyl (C=O) groups is 2. The largest absolute Gasteiger partial charge is 0.484 e. The van der Waals surface area contributed by atoms with Gasteiger partial charge in [0.25, 0.3) is 5.91 Å². The number of aryl methyl sites for hydroxylation is 2. The molecule has 0 aliphatic heterocycles. The first-order valence-corrected chi connectivity index (χ1v) is 8.09. The first kappa shape index (κ1) is 18.5. The number of ether oxygens (including phenoxy) is 1. The molecular formula is C21H23NO3. The van der Waals surface area contributed by atoms with Crippen molar-refractivity contribution in [1.82, 2.24) is 4.90 Å². The summed E-state index contributed by atoms with van der Waals surface area (Å²) >= 11 is 0. The Hall–Kier alpha value is -2.88. The molecule has 0 fully saturated rings. The van der Waals surface area contributed by atoms with Gasteiger partial charge in [0.2, 0.25) is 0 Å². The first-order chi connectivity index (χ1) is 11.9. The maximum atomic E-state index is 12.4. The third-order valence-electron chi connectivity index (χ3n) is 3.94. The molecule has 4 nitrogen and oxygen atoms in total. The second-order valence-electron chi connectivity index (χ2n) is 6.15. The van der Waals surface area contributed by atoms with Crippen molar-refractivity contribution in [2.24, 2.45) is 0 Å². The zero-order chi connectivity index (χ0) is 18.4. The van der Waals surface area contributed by atoms with Gasteiger partial charge < -0.3 is 9.64 Å². The summed E-state index contributed by atoms with van der Waals surface area (Å²) in [4.78, 5) is 25.4. The van der Waals surface area contributed by atoms with Crippen LogP contribution in [0.2, 0.25) is 0 Å².